The zero-order valence-electron chi connectivity index (χ0n) is 11.5. The average Bonchev–Trinajstić information content (AvgIpc) is 2.26. The van der Waals surface area contributed by atoms with Crippen LogP contribution in [0, 0.1) is 0 Å². The summed E-state index contributed by atoms with van der Waals surface area (Å²) in [5, 5.41) is 0. The van der Waals surface area contributed by atoms with Crippen molar-refractivity contribution in [3.05, 3.63) is 25.3 Å². The summed E-state index contributed by atoms with van der Waals surface area (Å²) in [6.07, 6.45) is 2.93. The van der Waals surface area contributed by atoms with Crippen LogP contribution in [-0.2, 0) is 23.2 Å². The number of ether oxygens (including phenoxy) is 2. The maximum atomic E-state index is 11.7. The second-order valence-electron chi connectivity index (χ2n) is 4.08. The summed E-state index contributed by atoms with van der Waals surface area (Å²) in [4.78, 5) is 0. The van der Waals surface area contributed by atoms with Crippen molar-refractivity contribution in [1.82, 2.24) is 0 Å². The minimum absolute atomic E-state index is 0.0960. The van der Waals surface area contributed by atoms with Crippen LogP contribution in [0.25, 0.3) is 0 Å². The van der Waals surface area contributed by atoms with Gasteiger partial charge in [0, 0.05) is 0 Å². The Labute approximate surface area is 117 Å². The molecule has 0 fully saturated rings. The van der Waals surface area contributed by atoms with E-state index in [1.54, 1.807) is 13.1 Å². The van der Waals surface area contributed by atoms with Gasteiger partial charge in [-0.15, -0.1) is 13.2 Å². The van der Waals surface area contributed by atoms with E-state index in [-0.39, 0.29) is 13.2 Å². The Hall–Kier alpha value is -0.296. The first-order chi connectivity index (χ1) is 8.69. The van der Waals surface area contributed by atoms with Gasteiger partial charge in [0.2, 0.25) is 0 Å². The van der Waals surface area contributed by atoms with Crippen molar-refractivity contribution in [2.75, 3.05) is 13.2 Å². The zero-order valence-corrected chi connectivity index (χ0v) is 14.3. The van der Waals surface area contributed by atoms with Gasteiger partial charge in [-0.25, -0.2) is 8.42 Å². The van der Waals surface area contributed by atoms with E-state index in [0.717, 1.165) is 0 Å². The molecule has 0 heterocycles. The summed E-state index contributed by atoms with van der Waals surface area (Å²) in [6.45, 7) is 12.1. The van der Waals surface area contributed by atoms with Crippen LogP contribution in [0.3, 0.4) is 0 Å². The van der Waals surface area contributed by atoms with E-state index < -0.39 is 32.0 Å². The van der Waals surface area contributed by atoms with Crippen molar-refractivity contribution in [3.63, 3.8) is 0 Å². The molecule has 0 aromatic heterocycles. The van der Waals surface area contributed by atoms with Crippen LogP contribution in [0.5, 0.6) is 0 Å². The van der Waals surface area contributed by atoms with Gasteiger partial charge in [-0.1, -0.05) is 12.2 Å². The second kappa shape index (κ2) is 8.09. The van der Waals surface area contributed by atoms with Crippen LogP contribution in [0.4, 0.5) is 0 Å². The molecule has 0 aliphatic rings. The Bertz CT molecular complexity index is 385. The highest BCUT2D eigenvalue weighted by Gasteiger charge is 2.54. The lowest BCUT2D eigenvalue weighted by atomic mass is 10.7. The van der Waals surface area contributed by atoms with Gasteiger partial charge in [-0.2, -0.15) is 0 Å². The maximum Gasteiger partial charge on any atom is 0.407 e. The van der Waals surface area contributed by atoms with Gasteiger partial charge in [-0.05, 0) is 19.6 Å². The summed E-state index contributed by atoms with van der Waals surface area (Å²) in [7, 11) is -9.44. The van der Waals surface area contributed by atoms with Crippen LogP contribution in [-0.4, -0.2) is 48.6 Å². The third-order valence-electron chi connectivity index (χ3n) is 2.08. The first-order valence-electron chi connectivity index (χ1n) is 5.60. The van der Waals surface area contributed by atoms with Gasteiger partial charge in [-0.3, -0.25) is 4.55 Å². The topological polar surface area (TPSA) is 82.1 Å². The normalized spacial score (nSPS) is 15.5. The molecule has 19 heavy (non-hydrogen) atoms. The predicted octanol–water partition coefficient (Wildman–Crippen LogP) is 1.48. The largest absolute Gasteiger partial charge is 0.440 e. The minimum atomic E-state index is -4.40. The highest BCUT2D eigenvalue weighted by Crippen LogP contribution is 2.22. The molecule has 0 rings (SSSR count). The van der Waals surface area contributed by atoms with E-state index in [1.807, 2.05) is 0 Å². The molecule has 0 spiro atoms. The lowest BCUT2D eigenvalue weighted by Gasteiger charge is -2.32. The molecular weight excluding hydrogens is 304 g/mol. The van der Waals surface area contributed by atoms with Crippen molar-refractivity contribution in [2.45, 2.75) is 25.6 Å². The van der Waals surface area contributed by atoms with E-state index >= 15 is 0 Å². The van der Waals surface area contributed by atoms with E-state index in [0.29, 0.717) is 0 Å². The van der Waals surface area contributed by atoms with Gasteiger partial charge in [0.15, 0.2) is 15.0 Å². The summed E-state index contributed by atoms with van der Waals surface area (Å²) in [6, 6.07) is 0. The highest BCUT2D eigenvalue weighted by atomic mass is 32.4. The Balaban J connectivity index is 5.32. The molecule has 0 saturated carbocycles. The van der Waals surface area contributed by atoms with E-state index in [4.69, 9.17) is 13.6 Å². The second-order valence-corrected chi connectivity index (χ2v) is 14.1. The quantitative estimate of drug-likeness (QED) is 0.284. The lowest BCUT2D eigenvalue weighted by molar-refractivity contribution is -0.0822. The molecule has 0 aromatic rings. The fourth-order valence-corrected chi connectivity index (χ4v) is 9.96. The van der Waals surface area contributed by atoms with Crippen molar-refractivity contribution in [1.29, 1.82) is 0 Å². The lowest BCUT2D eigenvalue weighted by Crippen LogP contribution is -2.58. The molecule has 9 heteroatoms. The van der Waals surface area contributed by atoms with Crippen LogP contribution in [0.1, 0.15) is 0 Å². The van der Waals surface area contributed by atoms with E-state index in [1.165, 1.54) is 18.7 Å². The molecule has 111 valence electrons. The molecule has 0 aliphatic heterocycles. The average molecular weight is 326 g/mol. The molecule has 0 aliphatic carbocycles. The van der Waals surface area contributed by atoms with Crippen molar-refractivity contribution in [2.24, 2.45) is 0 Å². The highest BCUT2D eigenvalue weighted by molar-refractivity contribution is 8.17. The zero-order chi connectivity index (χ0) is 15.1. The summed E-state index contributed by atoms with van der Waals surface area (Å²) in [5.41, 5.74) is 0. The van der Waals surface area contributed by atoms with Crippen LogP contribution >= 0.6 is 0 Å². The van der Waals surface area contributed by atoms with Gasteiger partial charge in [0.25, 0.3) is 9.57 Å². The number of hydrogen-bond acceptors (Lipinski definition) is 5. The molecule has 0 saturated heterocycles. The van der Waals surface area contributed by atoms with Gasteiger partial charge >= 0.3 is 7.47 Å². The Morgan fingerprint density at radius 2 is 1.68 bits per heavy atom. The standard InChI is InChI=1S/C10H21O6SSi2/c1-6-8-14-10(15-9-7-2)19(5,16-18(3)4)17(11,12)13/h6-7,10H,1-2,8-9H2,3-5H3,(H,11,12,13). The molecule has 0 aromatic carbocycles. The van der Waals surface area contributed by atoms with Crippen LogP contribution < -0.4 is 0 Å². The number of rotatable bonds is 10. The van der Waals surface area contributed by atoms with Crippen LogP contribution in [0.15, 0.2) is 25.3 Å². The first kappa shape index (κ1) is 18.7. The van der Waals surface area contributed by atoms with E-state index in [2.05, 4.69) is 13.2 Å². The maximum absolute atomic E-state index is 11.7. The molecule has 1 atom stereocenters. The van der Waals surface area contributed by atoms with Gasteiger partial charge in [0.05, 0.1) is 13.2 Å². The van der Waals surface area contributed by atoms with Crippen molar-refractivity contribution >= 4 is 26.1 Å². The number of hydrogen-bond donors (Lipinski definition) is 1. The molecule has 6 nitrogen and oxygen atoms in total. The summed E-state index contributed by atoms with van der Waals surface area (Å²) < 4.78 is 48.9. The Morgan fingerprint density at radius 3 is 1.95 bits per heavy atom. The monoisotopic (exact) mass is 325 g/mol. The third kappa shape index (κ3) is 5.69. The minimum Gasteiger partial charge on any atom is -0.440 e. The fraction of sp³-hybridized carbons (Fsp3) is 0.600. The smallest absolute Gasteiger partial charge is 0.407 e. The molecule has 1 N–H and O–H groups in total. The summed E-state index contributed by atoms with van der Waals surface area (Å²) >= 11 is 0. The SMILES string of the molecule is C=CCOC(OCC=C)[Si](C)(O[Si](C)C)S(=O)(=O)O. The molecule has 1 radical (unpaired) electrons. The third-order valence-corrected chi connectivity index (χ3v) is 11.9. The van der Waals surface area contributed by atoms with Gasteiger partial charge in [0.1, 0.15) is 0 Å². The van der Waals surface area contributed by atoms with E-state index in [9.17, 15) is 13.0 Å². The molecule has 1 unspecified atom stereocenters. The fourth-order valence-electron chi connectivity index (χ4n) is 1.29. The Morgan fingerprint density at radius 1 is 1.26 bits per heavy atom. The molecular formula is C10H21O6SSi2. The van der Waals surface area contributed by atoms with Crippen molar-refractivity contribution in [3.8, 4) is 0 Å². The van der Waals surface area contributed by atoms with Crippen LogP contribution in [0.2, 0.25) is 19.6 Å². The van der Waals surface area contributed by atoms with Crippen molar-refractivity contribution < 1.29 is 26.6 Å². The summed E-state index contributed by atoms with van der Waals surface area (Å²) in [5.74, 6) is -1.14. The first-order valence-corrected chi connectivity index (χ1v) is 12.7. The predicted molar refractivity (Wildman–Crippen MR) is 77.8 cm³/mol. The molecule has 0 bridgehead atoms. The van der Waals surface area contributed by atoms with Gasteiger partial charge < -0.3 is 13.6 Å². The molecule has 0 amide bonds. The Kier molecular flexibility index (Phi) is 7.97.